The number of carboxylic acids is 1. The highest BCUT2D eigenvalue weighted by atomic mass is 32.2. The molecule has 22 nitrogen and oxygen atoms in total. The molecule has 3 heterocycles. The van der Waals surface area contributed by atoms with Crippen LogP contribution in [0.25, 0.3) is 10.9 Å². The molecule has 0 spiro atoms. The maximum absolute atomic E-state index is 14.6. The minimum Gasteiger partial charge on any atom is -0.508 e. The van der Waals surface area contributed by atoms with Crippen molar-refractivity contribution in [2.24, 2.45) is 0 Å². The molecule has 378 valence electrons. The third-order valence-corrected chi connectivity index (χ3v) is 13.9. The highest BCUT2D eigenvalue weighted by Gasteiger charge is 2.38. The Labute approximate surface area is 411 Å². The van der Waals surface area contributed by atoms with Crippen molar-refractivity contribution in [3.8, 4) is 5.75 Å². The van der Waals surface area contributed by atoms with E-state index in [-0.39, 0.29) is 42.1 Å². The monoisotopic (exact) mass is 1020 g/mol. The summed E-state index contributed by atoms with van der Waals surface area (Å²) < 4.78 is 36.7. The molecule has 71 heavy (non-hydrogen) atoms. The van der Waals surface area contributed by atoms with Gasteiger partial charge in [-0.3, -0.25) is 28.7 Å². The summed E-state index contributed by atoms with van der Waals surface area (Å²) in [6, 6.07) is 11.7. The lowest BCUT2D eigenvalue weighted by Crippen LogP contribution is -2.62. The maximum Gasteiger partial charge on any atom is 0.331 e. The van der Waals surface area contributed by atoms with Crippen LogP contribution in [0, 0.1) is 6.92 Å². The maximum atomic E-state index is 14.6. The number of carbonyl (C=O) groups excluding carboxylic acids is 4. The number of rotatable bonds is 21. The van der Waals surface area contributed by atoms with E-state index < -0.39 is 93.5 Å². The van der Waals surface area contributed by atoms with Gasteiger partial charge in [0.1, 0.15) is 41.8 Å². The molecule has 1 saturated heterocycles. The van der Waals surface area contributed by atoms with E-state index in [2.05, 4.69) is 36.0 Å². The number of urea groups is 1. The molecule has 5 unspecified atom stereocenters. The van der Waals surface area contributed by atoms with Crippen LogP contribution < -0.4 is 37.2 Å². The van der Waals surface area contributed by atoms with E-state index in [0.29, 0.717) is 16.9 Å². The summed E-state index contributed by atoms with van der Waals surface area (Å²) in [7, 11) is -3.08. The number of hydrogen-bond donors (Lipinski definition) is 10. The Morgan fingerprint density at radius 1 is 0.944 bits per heavy atom. The third-order valence-electron chi connectivity index (χ3n) is 11.7. The Morgan fingerprint density at radius 3 is 2.35 bits per heavy atom. The molecule has 10 N–H and O–H groups in total. The van der Waals surface area contributed by atoms with Gasteiger partial charge in [-0.1, -0.05) is 48.0 Å². The molecule has 0 radical (unpaired) electrons. The Bertz CT molecular complexity index is 3010. The lowest BCUT2D eigenvalue weighted by molar-refractivity contribution is -0.139. The fourth-order valence-electron chi connectivity index (χ4n) is 7.78. The topological polar surface area (TPSA) is 323 Å². The van der Waals surface area contributed by atoms with Gasteiger partial charge in [-0.2, -0.15) is 16.5 Å². The van der Waals surface area contributed by atoms with Crippen LogP contribution in [-0.4, -0.2) is 128 Å². The Kier molecular flexibility index (Phi) is 17.5. The smallest absolute Gasteiger partial charge is 0.331 e. The van der Waals surface area contributed by atoms with Crippen LogP contribution in [0.5, 0.6) is 5.75 Å². The molecule has 0 saturated carbocycles. The molecular weight excluding hydrogens is 963 g/mol. The zero-order chi connectivity index (χ0) is 51.6. The van der Waals surface area contributed by atoms with Gasteiger partial charge < -0.3 is 51.2 Å². The number of phenols is 1. The number of nitrogens with zero attached hydrogens (tertiary/aromatic N) is 2. The summed E-state index contributed by atoms with van der Waals surface area (Å²) in [6.45, 7) is 3.18. The Morgan fingerprint density at radius 2 is 1.66 bits per heavy atom. The molecule has 0 aliphatic carbocycles. The van der Waals surface area contributed by atoms with Crippen molar-refractivity contribution in [2.75, 3.05) is 19.1 Å². The van der Waals surface area contributed by atoms with E-state index in [1.165, 1.54) is 56.1 Å². The van der Waals surface area contributed by atoms with Gasteiger partial charge in [0.15, 0.2) is 0 Å². The number of aryl methyl sites for hydroxylation is 1. The van der Waals surface area contributed by atoms with Gasteiger partial charge in [0.05, 0.1) is 10.9 Å². The number of H-pyrrole nitrogens is 2. The van der Waals surface area contributed by atoms with E-state index in [4.69, 9.17) is 4.74 Å². The molecule has 3 aromatic carbocycles. The normalized spacial score (nSPS) is 17.3. The lowest BCUT2D eigenvalue weighted by Gasteiger charge is -2.34. The van der Waals surface area contributed by atoms with Crippen LogP contribution in [0.1, 0.15) is 42.7 Å². The number of carbonyl (C=O) groups is 5. The second kappa shape index (κ2) is 23.5. The number of phenolic OH excluding ortho intramolecular Hbond substituents is 1. The summed E-state index contributed by atoms with van der Waals surface area (Å²) >= 11 is 1.33. The number of para-hydroxylation sites is 1. The van der Waals surface area contributed by atoms with E-state index in [1.807, 2.05) is 12.1 Å². The SMILES string of the molecule is CSCCC(NC(=O)NC(Cc1c[nH]c2ccccc12)C(=O)O)C(=O)NC(C(=O)N/C=C1\C[C@@H](O)[C@H](n2ccc(=O)[nH]c2=O)O1)C(C)N(C)C(=O)C(Cc1cccc(O)c1)NS(=O)(=O)c1ccc(C)cc1. The largest absolute Gasteiger partial charge is 0.508 e. The molecule has 5 aromatic rings. The quantitative estimate of drug-likeness (QED) is 0.0496. The number of hydrogen-bond acceptors (Lipinski definition) is 13. The van der Waals surface area contributed by atoms with Gasteiger partial charge in [0.2, 0.25) is 34.0 Å². The van der Waals surface area contributed by atoms with E-state index in [0.717, 1.165) is 44.4 Å². The minimum absolute atomic E-state index is 0.00777. The van der Waals surface area contributed by atoms with Crippen LogP contribution in [-0.2, 0) is 46.8 Å². The van der Waals surface area contributed by atoms with Gasteiger partial charge in [-0.15, -0.1) is 0 Å². The summed E-state index contributed by atoms with van der Waals surface area (Å²) in [6.07, 6.45) is 2.38. The first-order valence-electron chi connectivity index (χ1n) is 22.2. The van der Waals surface area contributed by atoms with Crippen LogP contribution in [0.15, 0.2) is 118 Å². The first-order chi connectivity index (χ1) is 33.7. The van der Waals surface area contributed by atoms with Crippen molar-refractivity contribution in [3.05, 3.63) is 141 Å². The number of aliphatic carboxylic acids is 1. The van der Waals surface area contributed by atoms with Gasteiger partial charge in [-0.05, 0) is 80.2 Å². The number of carboxylic acid groups (broad SMARTS) is 1. The number of aliphatic hydroxyl groups excluding tert-OH is 1. The molecule has 5 amide bonds. The number of aliphatic hydroxyl groups is 1. The number of nitrogens with one attached hydrogen (secondary N) is 7. The standard InChI is InChI=1S/C47H55N9O13S2/c1-26-12-14-32(15-13-26)71(67,68)54-36(21-28-8-7-9-30(57)20-28)43(62)55(3)27(2)40(42(61)49-25-31-23-38(58)44(69-31)56-18-16-39(59)52-47(56)66)53-41(60)35(17-19-70-4)50-46(65)51-37(45(63)64)22-29-24-48-34-11-6-5-10-33(29)34/h5-16,18,20,24-25,27,35-38,40,44,48,54,57-58H,17,19,21-23H2,1-4H3,(H,49,61)(H,53,60)(H,63,64)(H2,50,51,65)(H,52,59,66)/b31-25+/t27?,35?,36?,37?,38-,40?,44-/m1/s1. The summed E-state index contributed by atoms with van der Waals surface area (Å²) in [5.41, 5.74) is 0.983. The molecule has 2 aromatic heterocycles. The van der Waals surface area contributed by atoms with Gasteiger partial charge in [-0.25, -0.2) is 22.8 Å². The number of aromatic hydroxyl groups is 1. The number of sulfonamides is 1. The lowest BCUT2D eigenvalue weighted by atomic mass is 10.0. The van der Waals surface area contributed by atoms with Crippen molar-refractivity contribution >= 4 is 62.4 Å². The first kappa shape index (κ1) is 53.0. The first-order valence-corrected chi connectivity index (χ1v) is 25.1. The fourth-order valence-corrected chi connectivity index (χ4v) is 9.44. The number of ether oxygens (including phenoxy) is 1. The molecule has 24 heteroatoms. The predicted octanol–water partition coefficient (Wildman–Crippen LogP) is 1.31. The number of aromatic amines is 2. The highest BCUT2D eigenvalue weighted by molar-refractivity contribution is 7.98. The van der Waals surface area contributed by atoms with Crippen molar-refractivity contribution in [3.63, 3.8) is 0 Å². The van der Waals surface area contributed by atoms with Gasteiger partial charge in [0, 0.05) is 55.5 Å². The van der Waals surface area contributed by atoms with Crippen LogP contribution in [0.4, 0.5) is 4.79 Å². The zero-order valence-corrected chi connectivity index (χ0v) is 40.6. The van der Waals surface area contributed by atoms with E-state index >= 15 is 0 Å². The number of fused-ring (bicyclic) bond motifs is 1. The molecule has 7 atom stereocenters. The van der Waals surface area contributed by atoms with E-state index in [9.17, 15) is 57.3 Å². The number of aromatic nitrogens is 3. The molecule has 6 rings (SSSR count). The molecular formula is C47H55N9O13S2. The van der Waals surface area contributed by atoms with Gasteiger partial charge in [0.25, 0.3) is 5.56 Å². The Balaban J connectivity index is 1.27. The summed E-state index contributed by atoms with van der Waals surface area (Å²) in [4.78, 5) is 99.4. The molecule has 0 bridgehead atoms. The molecule has 1 fully saturated rings. The predicted molar refractivity (Wildman–Crippen MR) is 261 cm³/mol. The van der Waals surface area contributed by atoms with Gasteiger partial charge >= 0.3 is 17.7 Å². The minimum atomic E-state index is -4.37. The van der Waals surface area contributed by atoms with Crippen molar-refractivity contribution in [1.29, 1.82) is 0 Å². The fraction of sp³-hybridized carbons (Fsp3) is 0.340. The van der Waals surface area contributed by atoms with Crippen LogP contribution >= 0.6 is 11.8 Å². The average Bonchev–Trinajstić information content (AvgIpc) is 3.92. The van der Waals surface area contributed by atoms with Crippen molar-refractivity contribution < 1.29 is 52.4 Å². The van der Waals surface area contributed by atoms with Crippen molar-refractivity contribution in [2.45, 2.75) is 87.0 Å². The summed E-state index contributed by atoms with van der Waals surface area (Å²) in [5, 5.41) is 42.0. The zero-order valence-electron chi connectivity index (χ0n) is 38.9. The Hall–Kier alpha value is -7.41. The molecule has 1 aliphatic heterocycles. The second-order valence-electron chi connectivity index (χ2n) is 16.9. The molecule has 1 aliphatic rings. The van der Waals surface area contributed by atoms with Crippen LogP contribution in [0.2, 0.25) is 0 Å². The number of likely N-dealkylation sites (N-methyl/N-ethyl adjacent to an activating group) is 1. The average molecular weight is 1020 g/mol. The van der Waals surface area contributed by atoms with E-state index in [1.54, 1.807) is 49.7 Å². The number of thioether (sulfide) groups is 1. The highest BCUT2D eigenvalue weighted by Crippen LogP contribution is 2.30. The number of benzene rings is 3. The number of amides is 5. The van der Waals surface area contributed by atoms with Crippen LogP contribution in [0.3, 0.4) is 0 Å². The summed E-state index contributed by atoms with van der Waals surface area (Å²) in [5.74, 6) is -3.93. The second-order valence-corrected chi connectivity index (χ2v) is 19.6. The van der Waals surface area contributed by atoms with Crippen molar-refractivity contribution in [1.82, 2.24) is 45.4 Å². The third kappa shape index (κ3) is 13.7.